The molecule has 1 aromatic carbocycles. The van der Waals surface area contributed by atoms with Gasteiger partial charge in [-0.3, -0.25) is 9.59 Å². The Labute approximate surface area is 122 Å². The zero-order valence-corrected chi connectivity index (χ0v) is 11.9. The van der Waals surface area contributed by atoms with Crippen molar-refractivity contribution in [2.75, 3.05) is 26.8 Å². The molecule has 1 aromatic rings. The fourth-order valence-electron chi connectivity index (χ4n) is 2.18. The number of likely N-dealkylation sites (tertiary alicyclic amines) is 1. The van der Waals surface area contributed by atoms with E-state index >= 15 is 0 Å². The highest BCUT2D eigenvalue weighted by molar-refractivity contribution is 5.87. The molecule has 0 spiro atoms. The first-order valence-corrected chi connectivity index (χ1v) is 6.82. The molecule has 0 N–H and O–H groups in total. The van der Waals surface area contributed by atoms with Gasteiger partial charge in [0.15, 0.2) is 5.78 Å². The quantitative estimate of drug-likeness (QED) is 0.824. The number of rotatable bonds is 5. The van der Waals surface area contributed by atoms with E-state index < -0.39 is 6.10 Å². The van der Waals surface area contributed by atoms with Crippen LogP contribution in [0.5, 0.6) is 5.75 Å². The van der Waals surface area contributed by atoms with E-state index in [1.807, 2.05) is 0 Å². The Hall–Kier alpha value is -1.95. The summed E-state index contributed by atoms with van der Waals surface area (Å²) in [6, 6.07) is 5.63. The van der Waals surface area contributed by atoms with E-state index in [0.29, 0.717) is 25.3 Å². The minimum Gasteiger partial charge on any atom is -0.493 e. The summed E-state index contributed by atoms with van der Waals surface area (Å²) >= 11 is 0. The van der Waals surface area contributed by atoms with Crippen LogP contribution in [-0.2, 0) is 14.3 Å². The third-order valence-corrected chi connectivity index (χ3v) is 3.41. The molecule has 6 heteroatoms. The Kier molecular flexibility index (Phi) is 5.27. The summed E-state index contributed by atoms with van der Waals surface area (Å²) in [5.74, 6) is 0.144. The van der Waals surface area contributed by atoms with E-state index in [1.165, 1.54) is 31.4 Å². The molecule has 0 aromatic heterocycles. The normalized spacial score (nSPS) is 18.7. The van der Waals surface area contributed by atoms with Gasteiger partial charge in [0, 0.05) is 20.1 Å². The lowest BCUT2D eigenvalue weighted by atomic mass is 10.1. The summed E-state index contributed by atoms with van der Waals surface area (Å²) in [6.07, 6.45) is 0.00569. The van der Waals surface area contributed by atoms with Gasteiger partial charge in [0.05, 0.1) is 19.6 Å². The van der Waals surface area contributed by atoms with E-state index in [1.54, 1.807) is 4.90 Å². The van der Waals surface area contributed by atoms with E-state index in [0.717, 1.165) is 0 Å². The number of ether oxygens (including phenoxy) is 2. The number of nitrogens with zero attached hydrogens (tertiary/aromatic N) is 1. The van der Waals surface area contributed by atoms with Crippen LogP contribution in [0.25, 0.3) is 0 Å². The third-order valence-electron chi connectivity index (χ3n) is 3.41. The number of halogens is 1. The van der Waals surface area contributed by atoms with Crippen LogP contribution in [0.3, 0.4) is 0 Å². The number of piperidine rings is 1. The molecule has 0 radical (unpaired) electrons. The number of methoxy groups -OCH3 is 1. The second-order valence-corrected chi connectivity index (χ2v) is 4.83. The average Bonchev–Trinajstić information content (AvgIpc) is 2.49. The number of hydrogen-bond acceptors (Lipinski definition) is 4. The number of amides is 1. The molecule has 0 aliphatic carbocycles. The summed E-state index contributed by atoms with van der Waals surface area (Å²) in [5.41, 5.74) is 0. The fraction of sp³-hybridized carbons (Fsp3) is 0.467. The van der Waals surface area contributed by atoms with Gasteiger partial charge in [-0.25, -0.2) is 4.39 Å². The highest BCUT2D eigenvalue weighted by Crippen LogP contribution is 2.13. The van der Waals surface area contributed by atoms with Gasteiger partial charge < -0.3 is 14.4 Å². The molecule has 1 fully saturated rings. The number of ketones is 1. The first-order valence-electron chi connectivity index (χ1n) is 6.82. The lowest BCUT2D eigenvalue weighted by Crippen LogP contribution is -2.48. The molecule has 1 unspecified atom stereocenters. The van der Waals surface area contributed by atoms with Crippen molar-refractivity contribution in [3.8, 4) is 5.75 Å². The highest BCUT2D eigenvalue weighted by atomic mass is 19.1. The average molecular weight is 295 g/mol. The Bertz CT molecular complexity index is 503. The maximum absolute atomic E-state index is 12.7. The van der Waals surface area contributed by atoms with Gasteiger partial charge in [-0.15, -0.1) is 0 Å². The Balaban J connectivity index is 1.76. The number of carbonyl (C=O) groups excluding carboxylic acids is 2. The minimum atomic E-state index is -0.527. The Morgan fingerprint density at radius 3 is 2.76 bits per heavy atom. The fourth-order valence-corrected chi connectivity index (χ4v) is 2.18. The van der Waals surface area contributed by atoms with E-state index in [4.69, 9.17) is 9.47 Å². The standard InChI is InChI=1S/C15H18FNO4/c1-20-14-10-17(8-6-13(14)18)15(19)7-9-21-12-4-2-11(16)3-5-12/h2-5,14H,6-10H2,1H3. The summed E-state index contributed by atoms with van der Waals surface area (Å²) in [6.45, 7) is 0.936. The van der Waals surface area contributed by atoms with Crippen molar-refractivity contribution in [1.29, 1.82) is 0 Å². The number of Topliss-reactive ketones (excluding diaryl/α,β-unsaturated/α-hetero) is 1. The number of carbonyl (C=O) groups is 2. The molecule has 0 saturated carbocycles. The van der Waals surface area contributed by atoms with Crippen LogP contribution in [0.1, 0.15) is 12.8 Å². The second-order valence-electron chi connectivity index (χ2n) is 4.83. The van der Waals surface area contributed by atoms with Crippen LogP contribution in [0, 0.1) is 5.82 Å². The lowest BCUT2D eigenvalue weighted by Gasteiger charge is -2.31. The summed E-state index contributed by atoms with van der Waals surface area (Å²) in [7, 11) is 1.47. The van der Waals surface area contributed by atoms with Crippen LogP contribution in [-0.4, -0.2) is 49.5 Å². The molecule has 21 heavy (non-hydrogen) atoms. The van der Waals surface area contributed by atoms with Crippen molar-refractivity contribution >= 4 is 11.7 Å². The first-order chi connectivity index (χ1) is 10.1. The van der Waals surface area contributed by atoms with Gasteiger partial charge in [-0.1, -0.05) is 0 Å². The van der Waals surface area contributed by atoms with Gasteiger partial charge in [0.25, 0.3) is 0 Å². The van der Waals surface area contributed by atoms with E-state index in [9.17, 15) is 14.0 Å². The maximum Gasteiger partial charge on any atom is 0.226 e. The van der Waals surface area contributed by atoms with Crippen molar-refractivity contribution in [2.24, 2.45) is 0 Å². The molecular formula is C15H18FNO4. The van der Waals surface area contributed by atoms with Gasteiger partial charge in [-0.2, -0.15) is 0 Å². The van der Waals surface area contributed by atoms with Gasteiger partial charge in [0.1, 0.15) is 17.7 Å². The smallest absolute Gasteiger partial charge is 0.226 e. The molecule has 2 rings (SSSR count). The summed E-state index contributed by atoms with van der Waals surface area (Å²) in [5, 5.41) is 0. The molecule has 1 aliphatic heterocycles. The van der Waals surface area contributed by atoms with Gasteiger partial charge >= 0.3 is 0 Å². The van der Waals surface area contributed by atoms with Crippen molar-refractivity contribution in [3.63, 3.8) is 0 Å². The molecule has 5 nitrogen and oxygen atoms in total. The van der Waals surface area contributed by atoms with Crippen LogP contribution in [0.4, 0.5) is 4.39 Å². The zero-order valence-electron chi connectivity index (χ0n) is 11.9. The van der Waals surface area contributed by atoms with Crippen molar-refractivity contribution in [2.45, 2.75) is 18.9 Å². The maximum atomic E-state index is 12.7. The zero-order chi connectivity index (χ0) is 15.2. The Morgan fingerprint density at radius 2 is 2.10 bits per heavy atom. The molecule has 0 bridgehead atoms. The van der Waals surface area contributed by atoms with Crippen LogP contribution >= 0.6 is 0 Å². The summed E-state index contributed by atoms with van der Waals surface area (Å²) in [4.78, 5) is 25.1. The minimum absolute atomic E-state index is 0.0316. The molecule has 1 atom stereocenters. The predicted octanol–water partition coefficient (Wildman–Crippen LogP) is 1.41. The molecular weight excluding hydrogens is 277 g/mol. The predicted molar refractivity (Wildman–Crippen MR) is 73.5 cm³/mol. The van der Waals surface area contributed by atoms with Crippen LogP contribution < -0.4 is 4.74 Å². The third kappa shape index (κ3) is 4.26. The molecule has 1 aliphatic rings. The van der Waals surface area contributed by atoms with Gasteiger partial charge in [-0.05, 0) is 24.3 Å². The molecule has 1 amide bonds. The highest BCUT2D eigenvalue weighted by Gasteiger charge is 2.29. The van der Waals surface area contributed by atoms with Crippen molar-refractivity contribution in [3.05, 3.63) is 30.1 Å². The van der Waals surface area contributed by atoms with Crippen molar-refractivity contribution < 1.29 is 23.5 Å². The lowest BCUT2D eigenvalue weighted by molar-refractivity contribution is -0.142. The van der Waals surface area contributed by atoms with E-state index in [-0.39, 0.29) is 30.5 Å². The SMILES string of the molecule is COC1CN(C(=O)CCOc2ccc(F)cc2)CCC1=O. The monoisotopic (exact) mass is 295 g/mol. The summed E-state index contributed by atoms with van der Waals surface area (Å²) < 4.78 is 23.2. The number of hydrogen-bond donors (Lipinski definition) is 0. The second kappa shape index (κ2) is 7.17. The Morgan fingerprint density at radius 1 is 1.38 bits per heavy atom. The van der Waals surface area contributed by atoms with E-state index in [2.05, 4.69) is 0 Å². The molecule has 1 saturated heterocycles. The molecule has 114 valence electrons. The van der Waals surface area contributed by atoms with Crippen LogP contribution in [0.2, 0.25) is 0 Å². The first kappa shape index (κ1) is 15.4. The van der Waals surface area contributed by atoms with Gasteiger partial charge in [0.2, 0.25) is 5.91 Å². The largest absolute Gasteiger partial charge is 0.493 e. The van der Waals surface area contributed by atoms with Crippen molar-refractivity contribution in [1.82, 2.24) is 4.90 Å². The topological polar surface area (TPSA) is 55.8 Å². The van der Waals surface area contributed by atoms with Crippen LogP contribution in [0.15, 0.2) is 24.3 Å². The number of benzene rings is 1. The molecule has 1 heterocycles.